The van der Waals surface area contributed by atoms with Gasteiger partial charge in [0, 0.05) is 28.8 Å². The summed E-state index contributed by atoms with van der Waals surface area (Å²) in [6.45, 7) is 5.59. The largest absolute Gasteiger partial charge is 0.466 e. The predicted molar refractivity (Wildman–Crippen MR) is 85.7 cm³/mol. The first-order valence-electron chi connectivity index (χ1n) is 7.32. The lowest BCUT2D eigenvalue weighted by Gasteiger charge is -2.20. The van der Waals surface area contributed by atoms with Crippen LogP contribution in [0.5, 0.6) is 0 Å². The molecular formula is C16H21N3O3. The molecule has 22 heavy (non-hydrogen) atoms. The van der Waals surface area contributed by atoms with E-state index in [1.165, 1.54) is 0 Å². The third kappa shape index (κ3) is 3.78. The monoisotopic (exact) mass is 303 g/mol. The van der Waals surface area contributed by atoms with Gasteiger partial charge in [0.15, 0.2) is 0 Å². The van der Waals surface area contributed by atoms with E-state index < -0.39 is 5.92 Å². The van der Waals surface area contributed by atoms with Gasteiger partial charge in [-0.05, 0) is 45.0 Å². The molecule has 0 unspecified atom stereocenters. The van der Waals surface area contributed by atoms with Gasteiger partial charge in [0.1, 0.15) is 0 Å². The maximum atomic E-state index is 12.0. The number of aromatic nitrogens is 1. The molecule has 0 radical (unpaired) electrons. The summed E-state index contributed by atoms with van der Waals surface area (Å²) in [5.41, 5.74) is 1.70. The van der Waals surface area contributed by atoms with Crippen molar-refractivity contribution >= 4 is 28.6 Å². The van der Waals surface area contributed by atoms with Gasteiger partial charge in [-0.25, -0.2) is 4.79 Å². The van der Waals surface area contributed by atoms with E-state index in [2.05, 4.69) is 15.6 Å². The fourth-order valence-corrected chi connectivity index (χ4v) is 2.11. The van der Waals surface area contributed by atoms with Crippen LogP contribution >= 0.6 is 0 Å². The van der Waals surface area contributed by atoms with Crippen molar-refractivity contribution in [3.05, 3.63) is 30.5 Å². The second-order valence-corrected chi connectivity index (χ2v) is 5.21. The molecule has 0 aliphatic rings. The average molecular weight is 303 g/mol. The molecule has 2 amide bonds. The van der Waals surface area contributed by atoms with E-state index in [4.69, 9.17) is 4.74 Å². The van der Waals surface area contributed by atoms with Crippen LogP contribution < -0.4 is 10.6 Å². The molecule has 0 aliphatic carbocycles. The first-order chi connectivity index (χ1) is 10.5. The van der Waals surface area contributed by atoms with Crippen molar-refractivity contribution in [2.45, 2.75) is 26.8 Å². The highest BCUT2D eigenvalue weighted by Gasteiger charge is 2.22. The third-order valence-electron chi connectivity index (χ3n) is 3.58. The number of nitrogens with one attached hydrogen (secondary N) is 3. The normalized spacial score (nSPS) is 13.4. The number of hydrogen-bond acceptors (Lipinski definition) is 3. The molecule has 2 atom stereocenters. The first-order valence-corrected chi connectivity index (χ1v) is 7.32. The zero-order chi connectivity index (χ0) is 16.1. The Hall–Kier alpha value is -2.50. The van der Waals surface area contributed by atoms with E-state index in [9.17, 15) is 9.59 Å². The fraction of sp³-hybridized carbons (Fsp3) is 0.375. The molecule has 1 aromatic heterocycles. The molecule has 0 aliphatic heterocycles. The van der Waals surface area contributed by atoms with E-state index in [-0.39, 0.29) is 18.0 Å². The van der Waals surface area contributed by atoms with Crippen LogP contribution in [0.3, 0.4) is 0 Å². The van der Waals surface area contributed by atoms with Crippen LogP contribution in [0.2, 0.25) is 0 Å². The Balaban J connectivity index is 1.92. The van der Waals surface area contributed by atoms with Gasteiger partial charge in [0.05, 0.1) is 12.5 Å². The molecule has 0 saturated carbocycles. The highest BCUT2D eigenvalue weighted by atomic mass is 16.5. The number of rotatable bonds is 5. The quantitative estimate of drug-likeness (QED) is 0.743. The Bertz CT molecular complexity index is 665. The number of amides is 2. The topological polar surface area (TPSA) is 83.2 Å². The van der Waals surface area contributed by atoms with Crippen LogP contribution in [0.15, 0.2) is 30.5 Å². The SMILES string of the molecule is CCOC(=O)[C@H](C)[C@@H](C)NC(=O)Nc1ccc2[nH]ccc2c1. The molecule has 0 bridgehead atoms. The maximum Gasteiger partial charge on any atom is 0.319 e. The lowest BCUT2D eigenvalue weighted by molar-refractivity contribution is -0.148. The smallest absolute Gasteiger partial charge is 0.319 e. The highest BCUT2D eigenvalue weighted by molar-refractivity contribution is 5.93. The Labute approximate surface area is 129 Å². The number of fused-ring (bicyclic) bond motifs is 1. The molecule has 1 heterocycles. The lowest BCUT2D eigenvalue weighted by atomic mass is 10.0. The molecule has 1 aromatic carbocycles. The zero-order valence-electron chi connectivity index (χ0n) is 13.0. The van der Waals surface area contributed by atoms with Gasteiger partial charge in [-0.3, -0.25) is 4.79 Å². The van der Waals surface area contributed by atoms with Crippen LogP contribution in [0.1, 0.15) is 20.8 Å². The Morgan fingerprint density at radius 2 is 2.05 bits per heavy atom. The molecule has 3 N–H and O–H groups in total. The zero-order valence-corrected chi connectivity index (χ0v) is 13.0. The number of H-pyrrole nitrogens is 1. The van der Waals surface area contributed by atoms with Crippen LogP contribution in [-0.2, 0) is 9.53 Å². The molecule has 6 heteroatoms. The average Bonchev–Trinajstić information content (AvgIpc) is 2.94. The number of urea groups is 1. The molecule has 0 fully saturated rings. The van der Waals surface area contributed by atoms with Gasteiger partial charge in [-0.15, -0.1) is 0 Å². The summed E-state index contributed by atoms with van der Waals surface area (Å²) in [7, 11) is 0. The molecule has 2 aromatic rings. The number of aromatic amines is 1. The molecular weight excluding hydrogens is 282 g/mol. The summed E-state index contributed by atoms with van der Waals surface area (Å²) in [6.07, 6.45) is 1.84. The van der Waals surface area contributed by atoms with Gasteiger partial charge in [0.2, 0.25) is 0 Å². The summed E-state index contributed by atoms with van der Waals surface area (Å²) < 4.78 is 4.95. The van der Waals surface area contributed by atoms with Gasteiger partial charge in [0.25, 0.3) is 0 Å². The summed E-state index contributed by atoms with van der Waals surface area (Å²) in [5, 5.41) is 6.53. The lowest BCUT2D eigenvalue weighted by Crippen LogP contribution is -2.42. The minimum Gasteiger partial charge on any atom is -0.466 e. The first kappa shape index (κ1) is 15.9. The number of carbonyl (C=O) groups is 2. The molecule has 0 spiro atoms. The van der Waals surface area contributed by atoms with Crippen molar-refractivity contribution in [1.82, 2.24) is 10.3 Å². The Morgan fingerprint density at radius 1 is 1.27 bits per heavy atom. The van der Waals surface area contributed by atoms with E-state index in [0.717, 1.165) is 10.9 Å². The number of ether oxygens (including phenoxy) is 1. The van der Waals surface area contributed by atoms with Crippen molar-refractivity contribution in [3.8, 4) is 0 Å². The fourth-order valence-electron chi connectivity index (χ4n) is 2.11. The van der Waals surface area contributed by atoms with Crippen molar-refractivity contribution in [1.29, 1.82) is 0 Å². The van der Waals surface area contributed by atoms with Gasteiger partial charge < -0.3 is 20.4 Å². The Kier molecular flexibility index (Phi) is 5.04. The van der Waals surface area contributed by atoms with Gasteiger partial charge in [-0.2, -0.15) is 0 Å². The van der Waals surface area contributed by atoms with E-state index in [1.54, 1.807) is 20.8 Å². The van der Waals surface area contributed by atoms with E-state index in [1.807, 2.05) is 30.5 Å². The number of hydrogen-bond donors (Lipinski definition) is 3. The summed E-state index contributed by atoms with van der Waals surface area (Å²) in [4.78, 5) is 26.7. The highest BCUT2D eigenvalue weighted by Crippen LogP contribution is 2.17. The number of carbonyl (C=O) groups excluding carboxylic acids is 2. The molecule has 0 saturated heterocycles. The summed E-state index contributed by atoms with van der Waals surface area (Å²) in [6, 6.07) is 6.86. The second-order valence-electron chi connectivity index (χ2n) is 5.21. The number of esters is 1. The Morgan fingerprint density at radius 3 is 2.77 bits per heavy atom. The number of benzene rings is 1. The maximum absolute atomic E-state index is 12.0. The van der Waals surface area contributed by atoms with E-state index in [0.29, 0.717) is 12.3 Å². The molecule has 6 nitrogen and oxygen atoms in total. The van der Waals surface area contributed by atoms with Crippen LogP contribution in [0, 0.1) is 5.92 Å². The second kappa shape index (κ2) is 6.98. The van der Waals surface area contributed by atoms with Crippen molar-refractivity contribution in [3.63, 3.8) is 0 Å². The van der Waals surface area contributed by atoms with Gasteiger partial charge in [-0.1, -0.05) is 0 Å². The van der Waals surface area contributed by atoms with Gasteiger partial charge >= 0.3 is 12.0 Å². The molecule has 2 rings (SSSR count). The van der Waals surface area contributed by atoms with Crippen molar-refractivity contribution in [2.75, 3.05) is 11.9 Å². The standard InChI is InChI=1S/C16H21N3O3/c1-4-22-15(20)10(2)11(3)18-16(21)19-13-5-6-14-12(9-13)7-8-17-14/h5-11,17H,4H2,1-3H3,(H2,18,19,21)/t10-,11-/m1/s1. The summed E-state index contributed by atoms with van der Waals surface area (Å²) >= 11 is 0. The van der Waals surface area contributed by atoms with Crippen LogP contribution in [0.4, 0.5) is 10.5 Å². The molecule has 118 valence electrons. The van der Waals surface area contributed by atoms with Crippen molar-refractivity contribution in [2.24, 2.45) is 5.92 Å². The number of anilines is 1. The van der Waals surface area contributed by atoms with Crippen LogP contribution in [-0.4, -0.2) is 29.6 Å². The summed E-state index contributed by atoms with van der Waals surface area (Å²) in [5.74, 6) is -0.720. The van der Waals surface area contributed by atoms with Crippen molar-refractivity contribution < 1.29 is 14.3 Å². The van der Waals surface area contributed by atoms with E-state index >= 15 is 0 Å². The predicted octanol–water partition coefficient (Wildman–Crippen LogP) is 2.88. The minimum absolute atomic E-state index is 0.316. The minimum atomic E-state index is -0.405. The third-order valence-corrected chi connectivity index (χ3v) is 3.58. The van der Waals surface area contributed by atoms with Crippen LogP contribution in [0.25, 0.3) is 10.9 Å².